The predicted molar refractivity (Wildman–Crippen MR) is 71.0 cm³/mol. The maximum atomic E-state index is 12.0. The van der Waals surface area contributed by atoms with Crippen LogP contribution in [0.4, 0.5) is 0 Å². The molecule has 1 amide bonds. The van der Waals surface area contributed by atoms with Gasteiger partial charge in [0.1, 0.15) is 0 Å². The van der Waals surface area contributed by atoms with E-state index in [2.05, 4.69) is 4.99 Å². The van der Waals surface area contributed by atoms with Crippen molar-refractivity contribution in [2.45, 2.75) is 0 Å². The van der Waals surface area contributed by atoms with Crippen LogP contribution in [-0.4, -0.2) is 56.1 Å². The fraction of sp³-hybridized carbons (Fsp3) is 0.308. The second-order valence-electron chi connectivity index (χ2n) is 4.21. The van der Waals surface area contributed by atoms with E-state index >= 15 is 0 Å². The Kier molecular flexibility index (Phi) is 4.59. The highest BCUT2D eigenvalue weighted by Gasteiger charge is 2.13. The molecule has 0 aliphatic heterocycles. The van der Waals surface area contributed by atoms with Crippen LogP contribution in [0.2, 0.25) is 0 Å². The standard InChI is InChI=1S/C13H17N3O2/c1-15(2)13(16(3)4)14-12(18)11-8-6-5-7-10(11)9-17/h5-9H,1-4H3. The number of hydrogen-bond acceptors (Lipinski definition) is 2. The van der Waals surface area contributed by atoms with Crippen molar-refractivity contribution in [3.05, 3.63) is 35.4 Å². The number of benzene rings is 1. The summed E-state index contributed by atoms with van der Waals surface area (Å²) in [6, 6.07) is 6.61. The van der Waals surface area contributed by atoms with Crippen LogP contribution in [0.3, 0.4) is 0 Å². The van der Waals surface area contributed by atoms with E-state index in [-0.39, 0.29) is 0 Å². The molecule has 0 heterocycles. The van der Waals surface area contributed by atoms with Crippen LogP contribution in [0.25, 0.3) is 0 Å². The number of guanidine groups is 1. The van der Waals surface area contributed by atoms with E-state index in [1.165, 1.54) is 0 Å². The molecule has 5 nitrogen and oxygen atoms in total. The smallest absolute Gasteiger partial charge is 0.280 e. The summed E-state index contributed by atoms with van der Waals surface area (Å²) in [7, 11) is 7.21. The molecule has 18 heavy (non-hydrogen) atoms. The third-order valence-electron chi connectivity index (χ3n) is 2.32. The average Bonchev–Trinajstić information content (AvgIpc) is 2.34. The molecule has 0 spiro atoms. The van der Waals surface area contributed by atoms with Gasteiger partial charge in [0.05, 0.1) is 5.56 Å². The Balaban J connectivity index is 3.14. The van der Waals surface area contributed by atoms with Gasteiger partial charge in [-0.3, -0.25) is 9.59 Å². The van der Waals surface area contributed by atoms with Crippen molar-refractivity contribution in [2.75, 3.05) is 28.2 Å². The molecule has 5 heteroatoms. The fourth-order valence-electron chi connectivity index (χ4n) is 1.55. The molecule has 0 atom stereocenters. The summed E-state index contributed by atoms with van der Waals surface area (Å²) in [5.74, 6) is 0.107. The first-order valence-corrected chi connectivity index (χ1v) is 5.49. The SMILES string of the molecule is CN(C)C(=NC(=O)c1ccccc1C=O)N(C)C. The molecule has 0 aromatic heterocycles. The number of hydrogen-bond donors (Lipinski definition) is 0. The largest absolute Gasteiger partial charge is 0.349 e. The zero-order chi connectivity index (χ0) is 13.7. The minimum atomic E-state index is -0.421. The van der Waals surface area contributed by atoms with Crippen LogP contribution >= 0.6 is 0 Å². The number of carbonyl (C=O) groups is 2. The molecule has 0 N–H and O–H groups in total. The van der Waals surface area contributed by atoms with Crippen molar-refractivity contribution in [3.8, 4) is 0 Å². The quantitative estimate of drug-likeness (QED) is 0.446. The molecule has 0 aliphatic carbocycles. The zero-order valence-electron chi connectivity index (χ0n) is 11.0. The molecule has 0 saturated carbocycles. The van der Waals surface area contributed by atoms with Gasteiger partial charge in [-0.05, 0) is 6.07 Å². The van der Waals surface area contributed by atoms with Crippen LogP contribution in [0, 0.1) is 0 Å². The second-order valence-corrected chi connectivity index (χ2v) is 4.21. The Hall–Kier alpha value is -2.17. The molecule has 96 valence electrons. The van der Waals surface area contributed by atoms with E-state index in [1.54, 1.807) is 62.3 Å². The molecule has 0 unspecified atom stereocenters. The summed E-state index contributed by atoms with van der Waals surface area (Å²) in [5, 5.41) is 0. The van der Waals surface area contributed by atoms with Crippen LogP contribution in [-0.2, 0) is 0 Å². The van der Waals surface area contributed by atoms with E-state index in [1.807, 2.05) is 0 Å². The lowest BCUT2D eigenvalue weighted by Gasteiger charge is -2.22. The molecule has 0 radical (unpaired) electrons. The van der Waals surface area contributed by atoms with E-state index in [0.717, 1.165) is 0 Å². The third-order valence-corrected chi connectivity index (χ3v) is 2.32. The van der Waals surface area contributed by atoms with Crippen molar-refractivity contribution in [2.24, 2.45) is 4.99 Å². The minimum absolute atomic E-state index is 0.314. The van der Waals surface area contributed by atoms with Crippen molar-refractivity contribution in [1.29, 1.82) is 0 Å². The topological polar surface area (TPSA) is 53.0 Å². The van der Waals surface area contributed by atoms with Crippen LogP contribution < -0.4 is 0 Å². The molecule has 1 aromatic rings. The first-order chi connectivity index (χ1) is 8.47. The average molecular weight is 247 g/mol. The maximum absolute atomic E-state index is 12.0. The van der Waals surface area contributed by atoms with E-state index in [4.69, 9.17) is 0 Å². The molecule has 0 saturated heterocycles. The summed E-state index contributed by atoms with van der Waals surface area (Å²) in [5.41, 5.74) is 0.664. The number of carbonyl (C=O) groups excluding carboxylic acids is 2. The summed E-state index contributed by atoms with van der Waals surface area (Å²) >= 11 is 0. The highest BCUT2D eigenvalue weighted by Crippen LogP contribution is 2.08. The first-order valence-electron chi connectivity index (χ1n) is 5.49. The highest BCUT2D eigenvalue weighted by molar-refractivity contribution is 6.06. The Labute approximate surface area is 107 Å². The molecule has 0 aliphatic rings. The van der Waals surface area contributed by atoms with Gasteiger partial charge in [0.2, 0.25) is 5.96 Å². The molecular formula is C13H17N3O2. The maximum Gasteiger partial charge on any atom is 0.280 e. The monoisotopic (exact) mass is 247 g/mol. The fourth-order valence-corrected chi connectivity index (χ4v) is 1.55. The summed E-state index contributed by atoms with van der Waals surface area (Å²) in [6.07, 6.45) is 0.660. The summed E-state index contributed by atoms with van der Waals surface area (Å²) < 4.78 is 0. The van der Waals surface area contributed by atoms with Gasteiger partial charge < -0.3 is 9.80 Å². The Morgan fingerprint density at radius 3 is 2.17 bits per heavy atom. The van der Waals surface area contributed by atoms with Crippen molar-refractivity contribution < 1.29 is 9.59 Å². The van der Waals surface area contributed by atoms with Gasteiger partial charge in [0, 0.05) is 33.8 Å². The van der Waals surface area contributed by atoms with Gasteiger partial charge in [0.15, 0.2) is 6.29 Å². The molecule has 0 fully saturated rings. The second kappa shape index (κ2) is 5.95. The van der Waals surface area contributed by atoms with Gasteiger partial charge in [-0.2, -0.15) is 4.99 Å². The first kappa shape index (κ1) is 13.9. The Morgan fingerprint density at radius 1 is 1.11 bits per heavy atom. The highest BCUT2D eigenvalue weighted by atomic mass is 16.1. The van der Waals surface area contributed by atoms with Gasteiger partial charge in [-0.15, -0.1) is 0 Å². The van der Waals surface area contributed by atoms with Crippen molar-refractivity contribution >= 4 is 18.2 Å². The van der Waals surface area contributed by atoms with Crippen LogP contribution in [0.15, 0.2) is 29.3 Å². The van der Waals surface area contributed by atoms with Gasteiger partial charge >= 0.3 is 0 Å². The number of aliphatic imine (C=N–C) groups is 1. The van der Waals surface area contributed by atoms with E-state index in [9.17, 15) is 9.59 Å². The minimum Gasteiger partial charge on any atom is -0.349 e. The number of nitrogens with zero attached hydrogens (tertiary/aromatic N) is 3. The third kappa shape index (κ3) is 3.16. The molecule has 1 rings (SSSR count). The summed E-state index contributed by atoms with van der Waals surface area (Å²) in [4.78, 5) is 30.4. The van der Waals surface area contributed by atoms with Gasteiger partial charge in [-0.1, -0.05) is 18.2 Å². The summed E-state index contributed by atoms with van der Waals surface area (Å²) in [6.45, 7) is 0. The number of aldehydes is 1. The zero-order valence-corrected chi connectivity index (χ0v) is 11.0. The molecule has 1 aromatic carbocycles. The van der Waals surface area contributed by atoms with Crippen LogP contribution in [0.1, 0.15) is 20.7 Å². The van der Waals surface area contributed by atoms with E-state index in [0.29, 0.717) is 23.4 Å². The lowest BCUT2D eigenvalue weighted by molar-refractivity contribution is 0.0992. The van der Waals surface area contributed by atoms with E-state index < -0.39 is 5.91 Å². The van der Waals surface area contributed by atoms with Crippen molar-refractivity contribution in [3.63, 3.8) is 0 Å². The molecular weight excluding hydrogens is 230 g/mol. The van der Waals surface area contributed by atoms with Crippen molar-refractivity contribution in [1.82, 2.24) is 9.80 Å². The predicted octanol–water partition coefficient (Wildman–Crippen LogP) is 1.12. The lowest BCUT2D eigenvalue weighted by atomic mass is 10.1. The van der Waals surface area contributed by atoms with Crippen LogP contribution in [0.5, 0.6) is 0 Å². The normalized spacial score (nSPS) is 9.56. The number of rotatable bonds is 2. The molecule has 0 bridgehead atoms. The van der Waals surface area contributed by atoms with Gasteiger partial charge in [0.25, 0.3) is 5.91 Å². The Morgan fingerprint density at radius 2 is 1.67 bits per heavy atom. The number of amides is 1. The van der Waals surface area contributed by atoms with Gasteiger partial charge in [-0.25, -0.2) is 0 Å². The lowest BCUT2D eigenvalue weighted by Crippen LogP contribution is -2.36. The Bertz CT molecular complexity index is 469.